The van der Waals surface area contributed by atoms with Gasteiger partial charge in [-0.1, -0.05) is 50.3 Å². The third-order valence-corrected chi connectivity index (χ3v) is 8.98. The van der Waals surface area contributed by atoms with Crippen LogP contribution >= 0.6 is 0 Å². The Kier molecular flexibility index (Phi) is 8.32. The molecule has 0 bridgehead atoms. The zero-order valence-electron chi connectivity index (χ0n) is 21.6. The molecular formula is C29H44O5. The molecule has 3 N–H and O–H groups in total. The highest BCUT2D eigenvalue weighted by molar-refractivity contribution is 5.76. The largest absolute Gasteiger partial charge is 0.469 e. The fourth-order valence-corrected chi connectivity index (χ4v) is 6.65. The van der Waals surface area contributed by atoms with Crippen molar-refractivity contribution in [2.24, 2.45) is 28.6 Å². The number of aliphatic hydroxyl groups excluding tert-OH is 3. The Bertz CT molecular complexity index is 866. The summed E-state index contributed by atoms with van der Waals surface area (Å²) in [5.74, 6) is 0.898. The molecule has 0 aromatic heterocycles. The van der Waals surface area contributed by atoms with Crippen molar-refractivity contribution in [3.8, 4) is 0 Å². The number of rotatable bonds is 6. The van der Waals surface area contributed by atoms with Crippen molar-refractivity contribution in [1.82, 2.24) is 0 Å². The van der Waals surface area contributed by atoms with Gasteiger partial charge in [0.15, 0.2) is 0 Å². The molecule has 3 fully saturated rings. The number of allylic oxidation sites excluding steroid dienone is 4. The lowest BCUT2D eigenvalue weighted by atomic mass is 9.61. The van der Waals surface area contributed by atoms with Crippen LogP contribution in [0.5, 0.6) is 0 Å². The van der Waals surface area contributed by atoms with Gasteiger partial charge >= 0.3 is 5.97 Å². The first-order valence-electron chi connectivity index (χ1n) is 12.8. The smallest absolute Gasteiger partial charge is 0.314 e. The Hall–Kier alpha value is -1.69. The molecule has 0 aliphatic heterocycles. The van der Waals surface area contributed by atoms with Crippen molar-refractivity contribution in [3.63, 3.8) is 0 Å². The Morgan fingerprint density at radius 2 is 1.94 bits per heavy atom. The van der Waals surface area contributed by atoms with Crippen LogP contribution in [-0.2, 0) is 9.53 Å². The normalized spacial score (nSPS) is 36.6. The van der Waals surface area contributed by atoms with Crippen molar-refractivity contribution in [2.75, 3.05) is 7.11 Å². The maximum absolute atomic E-state index is 12.0. The third kappa shape index (κ3) is 5.27. The van der Waals surface area contributed by atoms with E-state index in [1.807, 2.05) is 0 Å². The Balaban J connectivity index is 1.75. The number of carbonyl (C=O) groups is 1. The number of methoxy groups -OCH3 is 1. The average molecular weight is 473 g/mol. The molecule has 7 atom stereocenters. The summed E-state index contributed by atoms with van der Waals surface area (Å²) in [6.07, 6.45) is 12.7. The molecule has 0 unspecified atom stereocenters. The van der Waals surface area contributed by atoms with Crippen LogP contribution in [0.4, 0.5) is 0 Å². The molecule has 0 aromatic carbocycles. The van der Waals surface area contributed by atoms with Crippen molar-refractivity contribution < 1.29 is 24.9 Å². The van der Waals surface area contributed by atoms with Crippen molar-refractivity contribution in [3.05, 3.63) is 47.6 Å². The van der Waals surface area contributed by atoms with Gasteiger partial charge in [0.05, 0.1) is 30.8 Å². The number of hydrogen-bond donors (Lipinski definition) is 3. The molecule has 0 heterocycles. The summed E-state index contributed by atoms with van der Waals surface area (Å²) in [5, 5.41) is 30.8. The second-order valence-electron chi connectivity index (χ2n) is 11.6. The summed E-state index contributed by atoms with van der Waals surface area (Å²) in [7, 11) is 1.35. The van der Waals surface area contributed by atoms with Gasteiger partial charge in [-0.3, -0.25) is 4.79 Å². The fraction of sp³-hybridized carbons (Fsp3) is 0.690. The SMILES string of the molecule is C=C1C(=CC=C2CCC[C@]3(C)[C@@H]([C@H](C)C=C[C@@H](O)C(C)(C)C(=O)OC)CC[C@@H]23)C[C@@H](O)C[C@@H]1O. The van der Waals surface area contributed by atoms with Crippen molar-refractivity contribution >= 4 is 5.97 Å². The summed E-state index contributed by atoms with van der Waals surface area (Å²) in [4.78, 5) is 12.0. The lowest BCUT2D eigenvalue weighted by molar-refractivity contribution is -0.155. The van der Waals surface area contributed by atoms with Crippen LogP contribution in [0.3, 0.4) is 0 Å². The monoisotopic (exact) mass is 472 g/mol. The number of hydrogen-bond acceptors (Lipinski definition) is 5. The van der Waals surface area contributed by atoms with Gasteiger partial charge in [0, 0.05) is 6.42 Å². The topological polar surface area (TPSA) is 87.0 Å². The highest BCUT2D eigenvalue weighted by atomic mass is 16.5. The lowest BCUT2D eigenvalue weighted by Gasteiger charge is -2.44. The van der Waals surface area contributed by atoms with Crippen LogP contribution in [0, 0.1) is 28.6 Å². The zero-order valence-corrected chi connectivity index (χ0v) is 21.6. The van der Waals surface area contributed by atoms with Crippen LogP contribution in [0.1, 0.15) is 72.6 Å². The van der Waals surface area contributed by atoms with Crippen LogP contribution in [-0.4, -0.2) is 46.7 Å². The van der Waals surface area contributed by atoms with Gasteiger partial charge in [-0.25, -0.2) is 0 Å². The van der Waals surface area contributed by atoms with Gasteiger partial charge in [0.1, 0.15) is 0 Å². The maximum atomic E-state index is 12.0. The van der Waals surface area contributed by atoms with Gasteiger partial charge in [-0.05, 0) is 86.7 Å². The molecule has 5 heteroatoms. The Morgan fingerprint density at radius 3 is 2.62 bits per heavy atom. The summed E-state index contributed by atoms with van der Waals surface area (Å²) < 4.78 is 4.85. The average Bonchev–Trinajstić information content (AvgIpc) is 3.15. The van der Waals surface area contributed by atoms with Crippen molar-refractivity contribution in [2.45, 2.75) is 91.0 Å². The summed E-state index contributed by atoms with van der Waals surface area (Å²) in [5.41, 5.74) is 2.37. The predicted octanol–water partition coefficient (Wildman–Crippen LogP) is 4.88. The molecule has 0 saturated heterocycles. The maximum Gasteiger partial charge on any atom is 0.314 e. The Morgan fingerprint density at radius 1 is 1.24 bits per heavy atom. The van der Waals surface area contributed by atoms with E-state index in [2.05, 4.69) is 38.7 Å². The summed E-state index contributed by atoms with van der Waals surface area (Å²) in [6, 6.07) is 0. The number of carbonyl (C=O) groups excluding carboxylic acids is 1. The standard InChI is InChI=1S/C29H44O5/c1-18(9-14-26(32)28(3,4)27(33)34-6)23-12-13-24-20(8-7-15-29(23,24)5)10-11-21-16-22(30)17-25(31)19(21)2/h9-11,14,18,22-26,30-32H,2,7-8,12-13,15-17H2,1,3-6H3/t18-,22-,23-,24+,25+,26-,29-/m1/s1. The highest BCUT2D eigenvalue weighted by Crippen LogP contribution is 2.59. The van der Waals surface area contributed by atoms with Crippen molar-refractivity contribution in [1.29, 1.82) is 0 Å². The Labute approximate surface area is 205 Å². The van der Waals surface area contributed by atoms with E-state index in [9.17, 15) is 20.1 Å². The predicted molar refractivity (Wildman–Crippen MR) is 135 cm³/mol. The van der Waals surface area contributed by atoms with E-state index >= 15 is 0 Å². The number of esters is 1. The van der Waals surface area contributed by atoms with E-state index < -0.39 is 29.7 Å². The molecule has 0 spiro atoms. The highest BCUT2D eigenvalue weighted by Gasteiger charge is 2.50. The van der Waals surface area contributed by atoms with Crippen LogP contribution in [0.2, 0.25) is 0 Å². The molecule has 3 saturated carbocycles. The first-order valence-corrected chi connectivity index (χ1v) is 12.8. The molecule has 3 rings (SSSR count). The second kappa shape index (κ2) is 10.5. The van der Waals surface area contributed by atoms with E-state index in [1.165, 1.54) is 19.1 Å². The van der Waals surface area contributed by atoms with Gasteiger partial charge in [0.25, 0.3) is 0 Å². The van der Waals surface area contributed by atoms with E-state index in [1.54, 1.807) is 19.9 Å². The van der Waals surface area contributed by atoms with E-state index in [4.69, 9.17) is 4.74 Å². The quantitative estimate of drug-likeness (QED) is 0.379. The first-order chi connectivity index (χ1) is 15.9. The molecule has 190 valence electrons. The van der Waals surface area contributed by atoms with E-state index in [-0.39, 0.29) is 5.41 Å². The van der Waals surface area contributed by atoms with Crippen LogP contribution in [0.25, 0.3) is 0 Å². The fourth-order valence-electron chi connectivity index (χ4n) is 6.65. The molecule has 0 amide bonds. The second-order valence-corrected chi connectivity index (χ2v) is 11.6. The van der Waals surface area contributed by atoms with Crippen LogP contribution < -0.4 is 0 Å². The van der Waals surface area contributed by atoms with Gasteiger partial charge in [0.2, 0.25) is 0 Å². The van der Waals surface area contributed by atoms with E-state index in [0.717, 1.165) is 36.8 Å². The molecular weight excluding hydrogens is 428 g/mol. The minimum atomic E-state index is -0.981. The number of aliphatic hydroxyl groups is 3. The van der Waals surface area contributed by atoms with E-state index in [0.29, 0.717) is 30.6 Å². The molecule has 34 heavy (non-hydrogen) atoms. The first kappa shape index (κ1) is 26.9. The minimum absolute atomic E-state index is 0.192. The van der Waals surface area contributed by atoms with Gasteiger partial charge in [-0.2, -0.15) is 0 Å². The van der Waals surface area contributed by atoms with Crippen LogP contribution in [0.15, 0.2) is 47.6 Å². The number of fused-ring (bicyclic) bond motifs is 1. The molecule has 3 aliphatic carbocycles. The van der Waals surface area contributed by atoms with Gasteiger partial charge < -0.3 is 20.1 Å². The molecule has 0 radical (unpaired) electrons. The summed E-state index contributed by atoms with van der Waals surface area (Å²) in [6.45, 7) is 12.1. The minimum Gasteiger partial charge on any atom is -0.469 e. The lowest BCUT2D eigenvalue weighted by Crippen LogP contribution is -2.37. The summed E-state index contributed by atoms with van der Waals surface area (Å²) >= 11 is 0. The molecule has 3 aliphatic rings. The molecule has 5 nitrogen and oxygen atoms in total. The van der Waals surface area contributed by atoms with Gasteiger partial charge in [-0.15, -0.1) is 0 Å². The third-order valence-electron chi connectivity index (χ3n) is 8.98. The zero-order chi connectivity index (χ0) is 25.3. The molecule has 0 aromatic rings. The number of ether oxygens (including phenoxy) is 1.